The predicted octanol–water partition coefficient (Wildman–Crippen LogP) is 7.51. The van der Waals surface area contributed by atoms with Crippen LogP contribution in [-0.2, 0) is 6.54 Å². The number of allylic oxidation sites excluding steroid dienone is 2. The fourth-order valence-corrected chi connectivity index (χ4v) is 7.61. The molecule has 0 bridgehead atoms. The number of likely N-dealkylation sites (tertiary alicyclic amines) is 1. The summed E-state index contributed by atoms with van der Waals surface area (Å²) >= 11 is 0. The molecule has 3 aromatic rings. The van der Waals surface area contributed by atoms with Crippen LogP contribution in [0.4, 0.5) is 0 Å². The number of benzene rings is 1. The first-order valence-electron chi connectivity index (χ1n) is 16.7. The zero-order chi connectivity index (χ0) is 29.8. The first kappa shape index (κ1) is 30.2. The Bertz CT molecular complexity index is 1440. The highest BCUT2D eigenvalue weighted by Crippen LogP contribution is 2.42. The van der Waals surface area contributed by atoms with Crippen LogP contribution in [0.1, 0.15) is 108 Å². The normalized spacial score (nSPS) is 23.5. The van der Waals surface area contributed by atoms with Gasteiger partial charge in [0.25, 0.3) is 0 Å². The summed E-state index contributed by atoms with van der Waals surface area (Å²) in [7, 11) is 0. The van der Waals surface area contributed by atoms with Gasteiger partial charge < -0.3 is 10.2 Å². The van der Waals surface area contributed by atoms with Crippen LogP contribution in [0.3, 0.4) is 0 Å². The van der Waals surface area contributed by atoms with E-state index in [0.29, 0.717) is 17.0 Å². The number of aliphatic hydroxyl groups is 2. The molecule has 43 heavy (non-hydrogen) atoms. The highest BCUT2D eigenvalue weighted by Gasteiger charge is 2.29. The fourth-order valence-electron chi connectivity index (χ4n) is 7.61. The van der Waals surface area contributed by atoms with E-state index < -0.39 is 6.23 Å². The number of nitrogens with zero attached hydrogens (tertiary/aromatic N) is 4. The molecule has 7 nitrogen and oxygen atoms in total. The number of aliphatic imine (C=N–C) groups is 1. The number of hydrogen-bond donors (Lipinski definition) is 3. The maximum atomic E-state index is 11.3. The molecule has 230 valence electrons. The molecule has 3 heterocycles. The summed E-state index contributed by atoms with van der Waals surface area (Å²) in [6.45, 7) is 7.40. The molecule has 2 unspecified atom stereocenters. The molecule has 3 N–H and O–H groups in total. The topological polar surface area (TPSA) is 97.6 Å². The van der Waals surface area contributed by atoms with Crippen LogP contribution in [0.25, 0.3) is 22.0 Å². The maximum absolute atomic E-state index is 11.3. The Morgan fingerprint density at radius 1 is 1.07 bits per heavy atom. The first-order chi connectivity index (χ1) is 20.9. The molecular weight excluding hydrogens is 534 g/mol. The van der Waals surface area contributed by atoms with Gasteiger partial charge >= 0.3 is 0 Å². The van der Waals surface area contributed by atoms with Gasteiger partial charge in [-0.25, -0.2) is 0 Å². The highest BCUT2D eigenvalue weighted by molar-refractivity contribution is 5.97. The van der Waals surface area contributed by atoms with E-state index in [1.165, 1.54) is 50.5 Å². The second kappa shape index (κ2) is 13.4. The average molecular weight is 584 g/mol. The van der Waals surface area contributed by atoms with E-state index in [1.807, 2.05) is 18.5 Å². The van der Waals surface area contributed by atoms with Crippen molar-refractivity contribution in [3.05, 3.63) is 59.6 Å². The predicted molar refractivity (Wildman–Crippen MR) is 174 cm³/mol. The molecule has 1 aromatic carbocycles. The summed E-state index contributed by atoms with van der Waals surface area (Å²) in [6, 6.07) is 8.34. The number of aromatic amines is 1. The van der Waals surface area contributed by atoms with E-state index >= 15 is 0 Å². The second-order valence-electron chi connectivity index (χ2n) is 13.7. The van der Waals surface area contributed by atoms with Crippen molar-refractivity contribution in [2.75, 3.05) is 13.1 Å². The van der Waals surface area contributed by atoms with Crippen LogP contribution in [0, 0.1) is 11.3 Å². The highest BCUT2D eigenvalue weighted by atomic mass is 16.3. The van der Waals surface area contributed by atoms with Gasteiger partial charge in [-0.05, 0) is 105 Å². The van der Waals surface area contributed by atoms with E-state index in [1.54, 1.807) is 0 Å². The SMILES string of the molecule is CCC1=CC(=NC(O)c2[nH]nc3ccc(-c4cncc(CN5CCC(O)CC5)c4)cc23)CCC1CCC1(C)CCCCC1. The van der Waals surface area contributed by atoms with Crippen molar-refractivity contribution in [3.8, 4) is 11.1 Å². The number of pyridine rings is 1. The molecule has 0 amide bonds. The quantitative estimate of drug-likeness (QED) is 0.242. The van der Waals surface area contributed by atoms with Gasteiger partial charge in [-0.3, -0.25) is 20.0 Å². The second-order valence-corrected chi connectivity index (χ2v) is 13.7. The van der Waals surface area contributed by atoms with Gasteiger partial charge in [0, 0.05) is 48.7 Å². The van der Waals surface area contributed by atoms with Gasteiger partial charge in [-0.2, -0.15) is 5.10 Å². The lowest BCUT2D eigenvalue weighted by molar-refractivity contribution is 0.0792. The molecule has 2 fully saturated rings. The van der Waals surface area contributed by atoms with Crippen molar-refractivity contribution in [1.29, 1.82) is 0 Å². The van der Waals surface area contributed by atoms with E-state index in [4.69, 9.17) is 4.99 Å². The van der Waals surface area contributed by atoms with Crippen molar-refractivity contribution in [3.63, 3.8) is 0 Å². The van der Waals surface area contributed by atoms with Gasteiger partial charge in [0.15, 0.2) is 6.23 Å². The Morgan fingerprint density at radius 3 is 2.67 bits per heavy atom. The van der Waals surface area contributed by atoms with Crippen molar-refractivity contribution in [2.45, 2.75) is 110 Å². The van der Waals surface area contributed by atoms with Gasteiger partial charge in [0.2, 0.25) is 0 Å². The minimum Gasteiger partial charge on any atom is -0.393 e. The number of nitrogens with one attached hydrogen (secondary N) is 1. The molecule has 7 heteroatoms. The average Bonchev–Trinajstić information content (AvgIpc) is 3.46. The number of fused-ring (bicyclic) bond motifs is 1. The molecule has 2 atom stereocenters. The van der Waals surface area contributed by atoms with Crippen LogP contribution in [0.15, 0.2) is 53.3 Å². The third kappa shape index (κ3) is 7.27. The molecule has 1 saturated heterocycles. The maximum Gasteiger partial charge on any atom is 0.188 e. The standard InChI is InChI=1S/C36H49N5O2/c1-3-26-20-30(9-7-27(26)11-16-36(2)14-5-4-6-15-36)38-35(43)34-32-21-28(8-10-33(32)39-40-34)29-19-25(22-37-23-29)24-41-17-12-31(42)13-18-41/h8,10,19-23,27,31,35,42-43H,3-7,9,11-18,24H2,1-2H3,(H,39,40). The molecule has 0 spiro atoms. The largest absolute Gasteiger partial charge is 0.393 e. The number of aliphatic hydroxyl groups excluding tert-OH is 2. The zero-order valence-electron chi connectivity index (χ0n) is 26.1. The smallest absolute Gasteiger partial charge is 0.188 e. The molecule has 2 aliphatic carbocycles. The zero-order valence-corrected chi connectivity index (χ0v) is 26.1. The van der Waals surface area contributed by atoms with E-state index in [0.717, 1.165) is 85.0 Å². The molecule has 1 aliphatic heterocycles. The number of rotatable bonds is 9. The monoisotopic (exact) mass is 583 g/mol. The Hall–Kier alpha value is -2.87. The molecule has 6 rings (SSSR count). The number of H-pyrrole nitrogens is 1. The van der Waals surface area contributed by atoms with Crippen molar-refractivity contribution >= 4 is 16.6 Å². The van der Waals surface area contributed by atoms with Crippen LogP contribution in [-0.4, -0.2) is 55.2 Å². The summed E-state index contributed by atoms with van der Waals surface area (Å²) in [5.74, 6) is 0.640. The number of aromatic nitrogens is 3. The Kier molecular flexibility index (Phi) is 9.41. The number of hydrogen-bond acceptors (Lipinski definition) is 6. The molecular formula is C36H49N5O2. The minimum atomic E-state index is -0.985. The van der Waals surface area contributed by atoms with Crippen molar-refractivity contribution in [2.24, 2.45) is 16.3 Å². The van der Waals surface area contributed by atoms with E-state index in [9.17, 15) is 10.2 Å². The third-order valence-corrected chi connectivity index (χ3v) is 10.4. The van der Waals surface area contributed by atoms with Crippen molar-refractivity contribution in [1.82, 2.24) is 20.1 Å². The van der Waals surface area contributed by atoms with Crippen LogP contribution >= 0.6 is 0 Å². The Labute approximate surface area is 256 Å². The Balaban J connectivity index is 1.16. The summed E-state index contributed by atoms with van der Waals surface area (Å²) in [6.07, 6.45) is 19.2. The van der Waals surface area contributed by atoms with Gasteiger partial charge in [0.1, 0.15) is 0 Å². The van der Waals surface area contributed by atoms with Crippen LogP contribution in [0.5, 0.6) is 0 Å². The molecule has 0 radical (unpaired) electrons. The lowest BCUT2D eigenvalue weighted by Crippen LogP contribution is -2.35. The third-order valence-electron chi connectivity index (χ3n) is 10.4. The molecule has 2 aromatic heterocycles. The Morgan fingerprint density at radius 2 is 1.88 bits per heavy atom. The van der Waals surface area contributed by atoms with Gasteiger partial charge in [0.05, 0.1) is 17.3 Å². The number of piperidine rings is 1. The first-order valence-corrected chi connectivity index (χ1v) is 16.7. The summed E-state index contributed by atoms with van der Waals surface area (Å²) in [5, 5.41) is 29.5. The van der Waals surface area contributed by atoms with E-state index in [-0.39, 0.29) is 6.10 Å². The summed E-state index contributed by atoms with van der Waals surface area (Å²) in [4.78, 5) is 11.7. The van der Waals surface area contributed by atoms with E-state index in [2.05, 4.69) is 58.2 Å². The lowest BCUT2D eigenvalue weighted by Gasteiger charge is -2.36. The van der Waals surface area contributed by atoms with Crippen molar-refractivity contribution < 1.29 is 10.2 Å². The van der Waals surface area contributed by atoms with Crippen LogP contribution in [0.2, 0.25) is 0 Å². The van der Waals surface area contributed by atoms with Crippen LogP contribution < -0.4 is 0 Å². The molecule has 3 aliphatic rings. The summed E-state index contributed by atoms with van der Waals surface area (Å²) in [5.41, 5.74) is 7.70. The van der Waals surface area contributed by atoms with Gasteiger partial charge in [-0.15, -0.1) is 0 Å². The lowest BCUT2D eigenvalue weighted by atomic mass is 9.70. The fraction of sp³-hybridized carbons (Fsp3) is 0.583. The minimum absolute atomic E-state index is 0.170. The summed E-state index contributed by atoms with van der Waals surface area (Å²) < 4.78 is 0. The van der Waals surface area contributed by atoms with Gasteiger partial charge in [-0.1, -0.05) is 44.7 Å². The molecule has 1 saturated carbocycles.